The number of nitrogens with one attached hydrogen (secondary N) is 1. The second-order valence-electron chi connectivity index (χ2n) is 5.76. The maximum atomic E-state index is 12.4. The first kappa shape index (κ1) is 12.7. The maximum Gasteiger partial charge on any atom is 0.224 e. The highest BCUT2D eigenvalue weighted by molar-refractivity contribution is 5.77. The average molecular weight is 258 g/mol. The quantitative estimate of drug-likeness (QED) is 0.902. The van der Waals surface area contributed by atoms with Crippen molar-refractivity contribution in [2.75, 3.05) is 13.6 Å². The molecule has 0 spiro atoms. The first-order chi connectivity index (χ1) is 9.25. The van der Waals surface area contributed by atoms with Crippen molar-refractivity contribution in [3.05, 3.63) is 35.4 Å². The largest absolute Gasteiger partial charge is 0.339 e. The van der Waals surface area contributed by atoms with E-state index >= 15 is 0 Å². The first-order valence-corrected chi connectivity index (χ1v) is 7.32. The van der Waals surface area contributed by atoms with E-state index in [1.165, 1.54) is 17.5 Å². The van der Waals surface area contributed by atoms with E-state index in [1.54, 1.807) is 0 Å². The number of aryl methyl sites for hydroxylation is 1. The van der Waals surface area contributed by atoms with Crippen molar-refractivity contribution in [2.45, 2.75) is 44.2 Å². The van der Waals surface area contributed by atoms with Crippen LogP contribution >= 0.6 is 0 Å². The summed E-state index contributed by atoms with van der Waals surface area (Å²) in [6.45, 7) is 1.06. The number of amides is 1. The number of hydrogen-bond acceptors (Lipinski definition) is 2. The lowest BCUT2D eigenvalue weighted by molar-refractivity contribution is -0.132. The maximum absolute atomic E-state index is 12.4. The molecule has 1 aromatic carbocycles. The van der Waals surface area contributed by atoms with E-state index < -0.39 is 0 Å². The lowest BCUT2D eigenvalue weighted by Gasteiger charge is -2.26. The lowest BCUT2D eigenvalue weighted by atomic mass is 10.1. The van der Waals surface area contributed by atoms with Crippen LogP contribution in [0.3, 0.4) is 0 Å². The normalized spacial score (nSPS) is 25.3. The van der Waals surface area contributed by atoms with Crippen molar-refractivity contribution in [3.8, 4) is 0 Å². The summed E-state index contributed by atoms with van der Waals surface area (Å²) in [7, 11) is 1.96. The first-order valence-electron chi connectivity index (χ1n) is 7.32. The van der Waals surface area contributed by atoms with Crippen LogP contribution in [0.1, 0.15) is 42.9 Å². The molecule has 1 aliphatic carbocycles. The van der Waals surface area contributed by atoms with Crippen LogP contribution in [-0.4, -0.2) is 30.4 Å². The number of fused-ring (bicyclic) bond motifs is 1. The highest BCUT2D eigenvalue weighted by atomic mass is 16.2. The molecule has 1 fully saturated rings. The number of carbonyl (C=O) groups excluding carboxylic acids is 1. The summed E-state index contributed by atoms with van der Waals surface area (Å²) >= 11 is 0. The second kappa shape index (κ2) is 5.33. The molecule has 2 atom stereocenters. The van der Waals surface area contributed by atoms with Gasteiger partial charge < -0.3 is 10.2 Å². The summed E-state index contributed by atoms with van der Waals surface area (Å²) < 4.78 is 0. The van der Waals surface area contributed by atoms with E-state index in [0.29, 0.717) is 12.5 Å². The zero-order chi connectivity index (χ0) is 13.2. The fourth-order valence-corrected chi connectivity index (χ4v) is 3.40. The fourth-order valence-electron chi connectivity index (χ4n) is 3.40. The second-order valence-corrected chi connectivity index (χ2v) is 5.76. The molecule has 1 saturated heterocycles. The van der Waals surface area contributed by atoms with E-state index in [0.717, 1.165) is 25.8 Å². The van der Waals surface area contributed by atoms with E-state index in [4.69, 9.17) is 0 Å². The lowest BCUT2D eigenvalue weighted by Crippen LogP contribution is -2.35. The molecule has 3 heteroatoms. The van der Waals surface area contributed by atoms with Crippen LogP contribution in [-0.2, 0) is 11.2 Å². The van der Waals surface area contributed by atoms with Crippen molar-refractivity contribution in [1.82, 2.24) is 10.2 Å². The van der Waals surface area contributed by atoms with Crippen LogP contribution in [0.5, 0.6) is 0 Å². The number of benzene rings is 1. The number of rotatable bonds is 3. The van der Waals surface area contributed by atoms with Gasteiger partial charge in [0, 0.05) is 19.5 Å². The van der Waals surface area contributed by atoms with Gasteiger partial charge in [-0.15, -0.1) is 0 Å². The van der Waals surface area contributed by atoms with E-state index in [-0.39, 0.29) is 11.9 Å². The number of carbonyl (C=O) groups is 1. The Morgan fingerprint density at radius 3 is 3.00 bits per heavy atom. The Hall–Kier alpha value is -1.35. The van der Waals surface area contributed by atoms with Crippen LogP contribution in [0.2, 0.25) is 0 Å². The molecule has 0 saturated carbocycles. The predicted molar refractivity (Wildman–Crippen MR) is 75.9 cm³/mol. The Balaban J connectivity index is 1.67. The van der Waals surface area contributed by atoms with Gasteiger partial charge in [0.1, 0.15) is 0 Å². The van der Waals surface area contributed by atoms with Crippen molar-refractivity contribution in [3.63, 3.8) is 0 Å². The average Bonchev–Trinajstić information content (AvgIpc) is 3.06. The highest BCUT2D eigenvalue weighted by Gasteiger charge is 2.29. The summed E-state index contributed by atoms with van der Waals surface area (Å²) in [5.74, 6) is 0.279. The minimum absolute atomic E-state index is 0.279. The molecule has 3 nitrogen and oxygen atoms in total. The summed E-state index contributed by atoms with van der Waals surface area (Å²) in [6.07, 6.45) is 5.16. The van der Waals surface area contributed by atoms with Gasteiger partial charge >= 0.3 is 0 Å². The summed E-state index contributed by atoms with van der Waals surface area (Å²) in [5, 5.41) is 3.40. The fraction of sp³-hybridized carbons (Fsp3) is 0.562. The van der Waals surface area contributed by atoms with Gasteiger partial charge in [-0.3, -0.25) is 4.79 Å². The highest BCUT2D eigenvalue weighted by Crippen LogP contribution is 2.35. The standard InChI is InChI=1S/C16H22N2O/c1-18(16(19)11-13-6-4-10-17-13)15-9-8-12-5-2-3-7-14(12)15/h2-3,5,7,13,15,17H,4,6,8-11H2,1H3. The molecular formula is C16H22N2O. The molecule has 1 aromatic rings. The minimum atomic E-state index is 0.279. The molecule has 0 radical (unpaired) electrons. The number of hydrogen-bond donors (Lipinski definition) is 1. The Kier molecular flexibility index (Phi) is 3.56. The minimum Gasteiger partial charge on any atom is -0.339 e. The van der Waals surface area contributed by atoms with E-state index in [2.05, 4.69) is 29.6 Å². The van der Waals surface area contributed by atoms with Crippen molar-refractivity contribution in [1.29, 1.82) is 0 Å². The van der Waals surface area contributed by atoms with E-state index in [1.807, 2.05) is 11.9 Å². The molecule has 2 unspecified atom stereocenters. The van der Waals surface area contributed by atoms with Crippen LogP contribution in [0, 0.1) is 0 Å². The summed E-state index contributed by atoms with van der Waals surface area (Å²) in [4.78, 5) is 14.3. The Morgan fingerprint density at radius 1 is 1.37 bits per heavy atom. The van der Waals surface area contributed by atoms with Crippen LogP contribution in [0.25, 0.3) is 0 Å². The molecule has 1 amide bonds. The topological polar surface area (TPSA) is 32.3 Å². The van der Waals surface area contributed by atoms with Crippen LogP contribution in [0.4, 0.5) is 0 Å². The molecule has 3 rings (SSSR count). The van der Waals surface area contributed by atoms with Crippen LogP contribution in [0.15, 0.2) is 24.3 Å². The molecule has 1 N–H and O–H groups in total. The Bertz CT molecular complexity index is 466. The molecule has 102 valence electrons. The van der Waals surface area contributed by atoms with Gasteiger partial charge in [0.05, 0.1) is 6.04 Å². The zero-order valence-corrected chi connectivity index (χ0v) is 11.6. The molecule has 1 heterocycles. The molecule has 2 aliphatic rings. The van der Waals surface area contributed by atoms with Crippen molar-refractivity contribution >= 4 is 5.91 Å². The molecule has 0 aromatic heterocycles. The third-order valence-corrected chi connectivity index (χ3v) is 4.55. The summed E-state index contributed by atoms with van der Waals surface area (Å²) in [5.41, 5.74) is 2.75. The van der Waals surface area contributed by atoms with Crippen molar-refractivity contribution in [2.24, 2.45) is 0 Å². The molecule has 19 heavy (non-hydrogen) atoms. The Morgan fingerprint density at radius 2 is 2.21 bits per heavy atom. The van der Waals surface area contributed by atoms with Gasteiger partial charge in [-0.25, -0.2) is 0 Å². The van der Waals surface area contributed by atoms with Crippen molar-refractivity contribution < 1.29 is 4.79 Å². The monoisotopic (exact) mass is 258 g/mol. The smallest absolute Gasteiger partial charge is 0.224 e. The molecule has 1 aliphatic heterocycles. The SMILES string of the molecule is CN(C(=O)CC1CCCN1)C1CCc2ccccc21. The van der Waals surface area contributed by atoms with Gasteiger partial charge in [-0.1, -0.05) is 24.3 Å². The van der Waals surface area contributed by atoms with E-state index in [9.17, 15) is 4.79 Å². The van der Waals surface area contributed by atoms with Gasteiger partial charge in [0.15, 0.2) is 0 Å². The van der Waals surface area contributed by atoms with Gasteiger partial charge in [-0.2, -0.15) is 0 Å². The number of nitrogens with zero attached hydrogens (tertiary/aromatic N) is 1. The summed E-state index contributed by atoms with van der Waals surface area (Å²) in [6, 6.07) is 9.20. The van der Waals surface area contributed by atoms with Gasteiger partial charge in [0.2, 0.25) is 5.91 Å². The van der Waals surface area contributed by atoms with Gasteiger partial charge in [0.25, 0.3) is 0 Å². The third-order valence-electron chi connectivity index (χ3n) is 4.55. The molecular weight excluding hydrogens is 236 g/mol. The molecule has 0 bridgehead atoms. The zero-order valence-electron chi connectivity index (χ0n) is 11.6. The third kappa shape index (κ3) is 2.52. The van der Waals surface area contributed by atoms with Crippen LogP contribution < -0.4 is 5.32 Å². The van der Waals surface area contributed by atoms with Gasteiger partial charge in [-0.05, 0) is 43.4 Å². The Labute approximate surface area is 115 Å². The predicted octanol–water partition coefficient (Wildman–Crippen LogP) is 2.27.